The first-order valence-electron chi connectivity index (χ1n) is 13.1. The average Bonchev–Trinajstić information content (AvgIpc) is 3.37. The molecule has 1 amide bonds. The summed E-state index contributed by atoms with van der Waals surface area (Å²) in [6.07, 6.45) is 12.0. The van der Waals surface area contributed by atoms with Crippen molar-refractivity contribution in [2.45, 2.75) is 51.1 Å². The molecule has 2 aliphatic heterocycles. The number of hydrogen-bond acceptors (Lipinski definition) is 6. The molecule has 0 bridgehead atoms. The molecule has 1 unspecified atom stereocenters. The van der Waals surface area contributed by atoms with E-state index in [1.165, 1.54) is 31.4 Å². The molecule has 10 heteroatoms. The van der Waals surface area contributed by atoms with Crippen LogP contribution in [0.4, 0.5) is 10.3 Å². The van der Waals surface area contributed by atoms with Gasteiger partial charge in [0.05, 0.1) is 11.0 Å². The van der Waals surface area contributed by atoms with Gasteiger partial charge >= 0.3 is 0 Å². The summed E-state index contributed by atoms with van der Waals surface area (Å²) in [5.41, 5.74) is 1.97. The van der Waals surface area contributed by atoms with Gasteiger partial charge in [-0.2, -0.15) is 5.10 Å². The lowest BCUT2D eigenvalue weighted by molar-refractivity contribution is 0.0621. The number of carbonyl (C=O) groups excluding carboxylic acids is 1. The van der Waals surface area contributed by atoms with Crippen LogP contribution in [0, 0.1) is 5.82 Å². The zero-order valence-electron chi connectivity index (χ0n) is 21.0. The maximum Gasteiger partial charge on any atom is 0.275 e. The smallest absolute Gasteiger partial charge is 0.275 e. The van der Waals surface area contributed by atoms with E-state index in [2.05, 4.69) is 36.1 Å². The van der Waals surface area contributed by atoms with Crippen LogP contribution in [0.2, 0.25) is 0 Å². The van der Waals surface area contributed by atoms with Crippen molar-refractivity contribution in [1.29, 1.82) is 0 Å². The van der Waals surface area contributed by atoms with Crippen molar-refractivity contribution in [3.05, 3.63) is 58.8 Å². The summed E-state index contributed by atoms with van der Waals surface area (Å²) >= 11 is 3.36. The highest BCUT2D eigenvalue weighted by atomic mass is 79.9. The molecule has 1 atom stereocenters. The lowest BCUT2D eigenvalue weighted by atomic mass is 10.00. The minimum atomic E-state index is -0.300. The van der Waals surface area contributed by atoms with Crippen LogP contribution in [0.1, 0.15) is 49.0 Å². The molecule has 8 nitrogen and oxygen atoms in total. The average molecular weight is 571 g/mol. The minimum Gasteiger partial charge on any atom is -0.352 e. The van der Waals surface area contributed by atoms with E-state index in [0.29, 0.717) is 31.3 Å². The quantitative estimate of drug-likeness (QED) is 0.418. The third kappa shape index (κ3) is 6.54. The predicted molar refractivity (Wildman–Crippen MR) is 145 cm³/mol. The van der Waals surface area contributed by atoms with Crippen LogP contribution in [0.3, 0.4) is 0 Å². The third-order valence-corrected chi connectivity index (χ3v) is 7.63. The Morgan fingerprint density at radius 1 is 1.00 bits per heavy atom. The summed E-state index contributed by atoms with van der Waals surface area (Å²) in [6, 6.07) is 6.31. The molecule has 4 heterocycles. The van der Waals surface area contributed by atoms with Gasteiger partial charge in [-0.15, -0.1) is 0 Å². The highest BCUT2D eigenvalue weighted by Gasteiger charge is 2.31. The Morgan fingerprint density at radius 2 is 1.73 bits per heavy atom. The normalized spacial score (nSPS) is 18.6. The summed E-state index contributed by atoms with van der Waals surface area (Å²) in [5.74, 6) is 0.154. The standard InChI is InChI=1S/C27H33BrFN7O/c28-21-16-30-27(31-17-21)32-18-23-6-2-5-13-36(23)26(37)25-24(20-7-9-22(29)10-8-20)19-35(33-25)15-14-34-11-3-1-4-12-34/h7-10,16-17,19,23H,1-6,11-15,18H2,(H,30,31,32). The van der Waals surface area contributed by atoms with E-state index in [1.807, 2.05) is 15.8 Å². The van der Waals surface area contributed by atoms with Gasteiger partial charge in [0.25, 0.3) is 5.91 Å². The second kappa shape index (κ2) is 12.1. The number of nitrogens with zero attached hydrogens (tertiary/aromatic N) is 6. The van der Waals surface area contributed by atoms with Crippen molar-refractivity contribution in [3.8, 4) is 11.1 Å². The van der Waals surface area contributed by atoms with Gasteiger partial charge in [-0.05, 0) is 78.8 Å². The first kappa shape index (κ1) is 25.8. The molecule has 0 saturated carbocycles. The molecular formula is C27H33BrFN7O. The van der Waals surface area contributed by atoms with Crippen molar-refractivity contribution in [1.82, 2.24) is 29.5 Å². The van der Waals surface area contributed by atoms with E-state index < -0.39 is 0 Å². The summed E-state index contributed by atoms with van der Waals surface area (Å²) in [6.45, 7) is 5.09. The van der Waals surface area contributed by atoms with Crippen molar-refractivity contribution in [2.24, 2.45) is 0 Å². The van der Waals surface area contributed by atoms with E-state index in [-0.39, 0.29) is 17.8 Å². The fourth-order valence-electron chi connectivity index (χ4n) is 5.19. The predicted octanol–water partition coefficient (Wildman–Crippen LogP) is 4.83. The number of anilines is 1. The minimum absolute atomic E-state index is 0.00747. The zero-order chi connectivity index (χ0) is 25.6. The van der Waals surface area contributed by atoms with Gasteiger partial charge in [0.1, 0.15) is 5.82 Å². The number of piperidine rings is 2. The second-order valence-electron chi connectivity index (χ2n) is 9.82. The number of halogens is 2. The number of nitrogens with one attached hydrogen (secondary N) is 1. The molecule has 37 heavy (non-hydrogen) atoms. The van der Waals surface area contributed by atoms with Crippen molar-refractivity contribution < 1.29 is 9.18 Å². The Hall–Kier alpha value is -2.85. The van der Waals surface area contributed by atoms with E-state index in [0.717, 1.165) is 54.5 Å². The Labute approximate surface area is 225 Å². The molecule has 2 aliphatic rings. The monoisotopic (exact) mass is 569 g/mol. The van der Waals surface area contributed by atoms with Crippen molar-refractivity contribution >= 4 is 27.8 Å². The van der Waals surface area contributed by atoms with Crippen LogP contribution < -0.4 is 5.32 Å². The molecule has 196 valence electrons. The van der Waals surface area contributed by atoms with E-state index in [4.69, 9.17) is 5.10 Å². The number of aromatic nitrogens is 4. The van der Waals surface area contributed by atoms with Crippen LogP contribution >= 0.6 is 15.9 Å². The van der Waals surface area contributed by atoms with Gasteiger partial charge < -0.3 is 15.1 Å². The molecule has 2 aromatic heterocycles. The third-order valence-electron chi connectivity index (χ3n) is 7.22. The zero-order valence-corrected chi connectivity index (χ0v) is 22.5. The Morgan fingerprint density at radius 3 is 2.49 bits per heavy atom. The number of carbonyl (C=O) groups is 1. The molecule has 1 aromatic carbocycles. The lowest BCUT2D eigenvalue weighted by Crippen LogP contribution is -2.47. The van der Waals surface area contributed by atoms with Crippen molar-refractivity contribution in [2.75, 3.05) is 38.0 Å². The van der Waals surface area contributed by atoms with Gasteiger partial charge in [-0.3, -0.25) is 9.48 Å². The number of rotatable bonds is 8. The van der Waals surface area contributed by atoms with E-state index >= 15 is 0 Å². The highest BCUT2D eigenvalue weighted by Crippen LogP contribution is 2.27. The maximum absolute atomic E-state index is 13.9. The summed E-state index contributed by atoms with van der Waals surface area (Å²) in [7, 11) is 0. The number of likely N-dealkylation sites (tertiary alicyclic amines) is 2. The highest BCUT2D eigenvalue weighted by molar-refractivity contribution is 9.10. The van der Waals surface area contributed by atoms with Crippen LogP contribution in [0.15, 0.2) is 47.3 Å². The molecule has 3 aromatic rings. The van der Waals surface area contributed by atoms with E-state index in [9.17, 15) is 9.18 Å². The molecular weight excluding hydrogens is 537 g/mol. The number of amides is 1. The molecule has 5 rings (SSSR count). The molecule has 1 N–H and O–H groups in total. The summed E-state index contributed by atoms with van der Waals surface area (Å²) in [5, 5.41) is 8.07. The Kier molecular flexibility index (Phi) is 8.45. The van der Waals surface area contributed by atoms with Crippen LogP contribution in [-0.2, 0) is 6.54 Å². The fourth-order valence-corrected chi connectivity index (χ4v) is 5.40. The number of hydrogen-bond donors (Lipinski definition) is 1. The Balaban J connectivity index is 1.36. The van der Waals surface area contributed by atoms with E-state index in [1.54, 1.807) is 24.5 Å². The fraction of sp³-hybridized carbons (Fsp3) is 0.481. The maximum atomic E-state index is 13.9. The first-order chi connectivity index (χ1) is 18.1. The first-order valence-corrected chi connectivity index (χ1v) is 13.9. The lowest BCUT2D eigenvalue weighted by Gasteiger charge is -2.35. The van der Waals surface area contributed by atoms with Gasteiger partial charge in [0, 0.05) is 49.8 Å². The molecule has 2 saturated heterocycles. The Bertz CT molecular complexity index is 1180. The van der Waals surface area contributed by atoms with Crippen LogP contribution in [-0.4, -0.2) is 74.2 Å². The SMILES string of the molecule is O=C(c1nn(CCN2CCCCC2)cc1-c1ccc(F)cc1)N1CCCCC1CNc1ncc(Br)cn1. The topological polar surface area (TPSA) is 79.2 Å². The van der Waals surface area contributed by atoms with Gasteiger partial charge in [0.15, 0.2) is 5.69 Å². The largest absolute Gasteiger partial charge is 0.352 e. The van der Waals surface area contributed by atoms with Crippen molar-refractivity contribution in [3.63, 3.8) is 0 Å². The summed E-state index contributed by atoms with van der Waals surface area (Å²) in [4.78, 5) is 26.9. The summed E-state index contributed by atoms with van der Waals surface area (Å²) < 4.78 is 16.4. The van der Waals surface area contributed by atoms with Gasteiger partial charge in [-0.25, -0.2) is 14.4 Å². The van der Waals surface area contributed by atoms with Gasteiger partial charge in [-0.1, -0.05) is 18.6 Å². The van der Waals surface area contributed by atoms with Crippen LogP contribution in [0.5, 0.6) is 0 Å². The van der Waals surface area contributed by atoms with Crippen LogP contribution in [0.25, 0.3) is 11.1 Å². The molecule has 0 radical (unpaired) electrons. The molecule has 0 aliphatic carbocycles. The number of benzene rings is 1. The molecule has 2 fully saturated rings. The second-order valence-corrected chi connectivity index (χ2v) is 10.7. The molecule has 0 spiro atoms. The van der Waals surface area contributed by atoms with Gasteiger partial charge in [0.2, 0.25) is 5.95 Å².